The Kier molecular flexibility index (Phi) is 4.48. The number of fused-ring (bicyclic) bond motifs is 3. The van der Waals surface area contributed by atoms with Crippen molar-refractivity contribution in [1.29, 1.82) is 0 Å². The van der Waals surface area contributed by atoms with Crippen LogP contribution in [0.2, 0.25) is 0 Å². The van der Waals surface area contributed by atoms with Crippen LogP contribution < -0.4 is 4.74 Å². The smallest absolute Gasteiger partial charge is 0.246 e. The summed E-state index contributed by atoms with van der Waals surface area (Å²) >= 11 is 0. The van der Waals surface area contributed by atoms with Gasteiger partial charge in [0.2, 0.25) is 10.0 Å². The molecule has 2 aromatic carbocycles. The number of methoxy groups -OCH3 is 1. The number of aromatic nitrogens is 1. The van der Waals surface area contributed by atoms with E-state index in [-0.39, 0.29) is 4.90 Å². The molecule has 6 heteroatoms. The highest BCUT2D eigenvalue weighted by atomic mass is 32.2. The van der Waals surface area contributed by atoms with Crippen molar-refractivity contribution in [2.45, 2.75) is 31.6 Å². The molecule has 1 N–H and O–H groups in total. The van der Waals surface area contributed by atoms with Gasteiger partial charge in [-0.3, -0.25) is 0 Å². The van der Waals surface area contributed by atoms with Crippen molar-refractivity contribution in [2.24, 2.45) is 0 Å². The highest BCUT2D eigenvalue weighted by Crippen LogP contribution is 2.32. The van der Waals surface area contributed by atoms with Crippen LogP contribution in [-0.4, -0.2) is 37.9 Å². The van der Waals surface area contributed by atoms with Gasteiger partial charge in [0, 0.05) is 36.1 Å². The molecule has 4 rings (SSSR count). The molecule has 0 bridgehead atoms. The fourth-order valence-electron chi connectivity index (χ4n) is 3.84. The number of nitrogens with one attached hydrogen (secondary N) is 1. The standard InChI is InChI=1S/C21H24N2O3S/c1-14-12-20(26-3)21(13-15(14)2)27(24,25)23-10-8-17-16-6-4-5-7-18(16)22-19(17)9-11-23/h4-7,12-13,22H,8-11H2,1-3H3. The van der Waals surface area contributed by atoms with Crippen LogP contribution in [0, 0.1) is 13.8 Å². The number of para-hydroxylation sites is 1. The van der Waals surface area contributed by atoms with E-state index in [1.807, 2.05) is 26.0 Å². The van der Waals surface area contributed by atoms with Gasteiger partial charge in [-0.2, -0.15) is 4.31 Å². The lowest BCUT2D eigenvalue weighted by atomic mass is 10.1. The van der Waals surface area contributed by atoms with Crippen LogP contribution in [0.15, 0.2) is 41.3 Å². The molecule has 2 heterocycles. The van der Waals surface area contributed by atoms with E-state index >= 15 is 0 Å². The Morgan fingerprint density at radius 3 is 2.52 bits per heavy atom. The first-order valence-electron chi connectivity index (χ1n) is 9.15. The lowest BCUT2D eigenvalue weighted by Crippen LogP contribution is -2.33. The predicted molar refractivity (Wildman–Crippen MR) is 107 cm³/mol. The van der Waals surface area contributed by atoms with Crippen LogP contribution in [0.4, 0.5) is 0 Å². The first-order valence-corrected chi connectivity index (χ1v) is 10.6. The maximum Gasteiger partial charge on any atom is 0.246 e. The van der Waals surface area contributed by atoms with Gasteiger partial charge >= 0.3 is 0 Å². The van der Waals surface area contributed by atoms with Crippen molar-refractivity contribution in [1.82, 2.24) is 9.29 Å². The minimum Gasteiger partial charge on any atom is -0.495 e. The zero-order valence-corrected chi connectivity index (χ0v) is 16.7. The first-order chi connectivity index (χ1) is 12.9. The largest absolute Gasteiger partial charge is 0.495 e. The molecule has 1 aliphatic heterocycles. The summed E-state index contributed by atoms with van der Waals surface area (Å²) in [4.78, 5) is 3.71. The van der Waals surface area contributed by atoms with Crippen LogP contribution in [0.1, 0.15) is 22.4 Å². The number of hydrogen-bond donors (Lipinski definition) is 1. The Hall–Kier alpha value is -2.31. The minimum absolute atomic E-state index is 0.253. The number of H-pyrrole nitrogens is 1. The van der Waals surface area contributed by atoms with Gasteiger partial charge in [0.05, 0.1) is 7.11 Å². The molecule has 0 amide bonds. The second-order valence-electron chi connectivity index (χ2n) is 7.12. The average Bonchev–Trinajstić information content (AvgIpc) is 2.86. The number of benzene rings is 2. The van der Waals surface area contributed by atoms with E-state index in [9.17, 15) is 8.42 Å². The normalized spacial score (nSPS) is 15.5. The Morgan fingerprint density at radius 1 is 1.04 bits per heavy atom. The number of hydrogen-bond acceptors (Lipinski definition) is 3. The van der Waals surface area contributed by atoms with Crippen molar-refractivity contribution >= 4 is 20.9 Å². The van der Waals surface area contributed by atoms with Crippen LogP contribution in [0.25, 0.3) is 10.9 Å². The first kappa shape index (κ1) is 18.1. The zero-order valence-electron chi connectivity index (χ0n) is 15.9. The molecule has 1 aliphatic rings. The van der Waals surface area contributed by atoms with Crippen molar-refractivity contribution < 1.29 is 13.2 Å². The molecule has 0 unspecified atom stereocenters. The van der Waals surface area contributed by atoms with Gasteiger partial charge in [0.25, 0.3) is 0 Å². The highest BCUT2D eigenvalue weighted by Gasteiger charge is 2.30. The van der Waals surface area contributed by atoms with E-state index in [2.05, 4.69) is 17.1 Å². The van der Waals surface area contributed by atoms with Gasteiger partial charge < -0.3 is 9.72 Å². The Morgan fingerprint density at radius 2 is 1.74 bits per heavy atom. The second-order valence-corrected chi connectivity index (χ2v) is 9.03. The number of sulfonamides is 1. The van der Waals surface area contributed by atoms with Gasteiger partial charge in [-0.1, -0.05) is 18.2 Å². The average molecular weight is 385 g/mol. The van der Waals surface area contributed by atoms with Gasteiger partial charge in [-0.15, -0.1) is 0 Å². The quantitative estimate of drug-likeness (QED) is 0.751. The predicted octanol–water partition coefficient (Wildman–Crippen LogP) is 3.58. The summed E-state index contributed by atoms with van der Waals surface area (Å²) in [5, 5.41) is 1.19. The van der Waals surface area contributed by atoms with Crippen molar-refractivity contribution in [3.63, 3.8) is 0 Å². The fourth-order valence-corrected chi connectivity index (χ4v) is 5.51. The summed E-state index contributed by atoms with van der Waals surface area (Å²) in [6, 6.07) is 11.7. The zero-order chi connectivity index (χ0) is 19.2. The Balaban J connectivity index is 1.69. The van der Waals surface area contributed by atoms with Crippen molar-refractivity contribution in [3.05, 3.63) is 58.8 Å². The number of nitrogens with zero attached hydrogens (tertiary/aromatic N) is 1. The molecule has 3 aromatic rings. The van der Waals surface area contributed by atoms with Crippen LogP contribution >= 0.6 is 0 Å². The molecule has 0 aliphatic carbocycles. The summed E-state index contributed by atoms with van der Waals surface area (Å²) in [7, 11) is -2.11. The molecular weight excluding hydrogens is 360 g/mol. The van der Waals surface area contributed by atoms with Crippen molar-refractivity contribution in [3.8, 4) is 5.75 Å². The summed E-state index contributed by atoms with van der Waals surface area (Å²) in [6.07, 6.45) is 1.38. The number of aromatic amines is 1. The molecular formula is C21H24N2O3S. The molecule has 0 radical (unpaired) electrons. The lowest BCUT2D eigenvalue weighted by Gasteiger charge is -2.22. The molecule has 0 saturated carbocycles. The van der Waals surface area contributed by atoms with Gasteiger partial charge in [-0.05, 0) is 55.2 Å². The number of rotatable bonds is 3. The lowest BCUT2D eigenvalue weighted by molar-refractivity contribution is 0.391. The summed E-state index contributed by atoms with van der Waals surface area (Å²) in [6.45, 7) is 4.80. The van der Waals surface area contributed by atoms with E-state index in [4.69, 9.17) is 4.74 Å². The summed E-state index contributed by atoms with van der Waals surface area (Å²) < 4.78 is 33.7. The second kappa shape index (κ2) is 6.69. The minimum atomic E-state index is -3.62. The molecule has 0 spiro atoms. The molecule has 0 atom stereocenters. The molecule has 27 heavy (non-hydrogen) atoms. The number of aryl methyl sites for hydroxylation is 2. The molecule has 0 saturated heterocycles. The third kappa shape index (κ3) is 3.03. The van der Waals surface area contributed by atoms with E-state index in [0.29, 0.717) is 31.7 Å². The summed E-state index contributed by atoms with van der Waals surface area (Å²) in [5.41, 5.74) is 5.45. The highest BCUT2D eigenvalue weighted by molar-refractivity contribution is 7.89. The van der Waals surface area contributed by atoms with Crippen LogP contribution in [-0.2, 0) is 22.9 Å². The molecule has 5 nitrogen and oxygen atoms in total. The van der Waals surface area contributed by atoms with E-state index in [0.717, 1.165) is 22.3 Å². The van der Waals surface area contributed by atoms with Crippen LogP contribution in [0.3, 0.4) is 0 Å². The van der Waals surface area contributed by atoms with Gasteiger partial charge in [-0.25, -0.2) is 8.42 Å². The van der Waals surface area contributed by atoms with Crippen molar-refractivity contribution in [2.75, 3.05) is 20.2 Å². The fraction of sp³-hybridized carbons (Fsp3) is 0.333. The molecule has 142 valence electrons. The van der Waals surface area contributed by atoms with Gasteiger partial charge in [0.15, 0.2) is 0 Å². The van der Waals surface area contributed by atoms with E-state index in [1.54, 1.807) is 16.4 Å². The maximum absolute atomic E-state index is 13.4. The third-order valence-corrected chi connectivity index (χ3v) is 7.44. The topological polar surface area (TPSA) is 62.4 Å². The van der Waals surface area contributed by atoms with E-state index in [1.165, 1.54) is 18.1 Å². The van der Waals surface area contributed by atoms with Crippen LogP contribution in [0.5, 0.6) is 5.75 Å². The monoisotopic (exact) mass is 384 g/mol. The molecule has 0 fully saturated rings. The molecule has 1 aromatic heterocycles. The Bertz CT molecular complexity index is 1120. The maximum atomic E-state index is 13.4. The number of ether oxygens (including phenoxy) is 1. The van der Waals surface area contributed by atoms with E-state index < -0.39 is 10.0 Å². The third-order valence-electron chi connectivity index (χ3n) is 5.52. The van der Waals surface area contributed by atoms with Gasteiger partial charge in [0.1, 0.15) is 10.6 Å². The Labute approximate surface area is 160 Å². The SMILES string of the molecule is COc1cc(C)c(C)cc1S(=O)(=O)N1CCc2[nH]c3ccccc3c2CC1. The summed E-state index contributed by atoms with van der Waals surface area (Å²) in [5.74, 6) is 0.409.